The second-order valence-electron chi connectivity index (χ2n) is 3.02. The molecule has 0 N–H and O–H groups in total. The zero-order valence-corrected chi connectivity index (χ0v) is 13.3. The van der Waals surface area contributed by atoms with E-state index in [-0.39, 0.29) is 44.5 Å². The van der Waals surface area contributed by atoms with Gasteiger partial charge < -0.3 is 9.90 Å². The van der Waals surface area contributed by atoms with Gasteiger partial charge in [-0.1, -0.05) is 23.2 Å². The molecule has 88 valence electrons. The quantitative estimate of drug-likeness (QED) is 0.598. The van der Waals surface area contributed by atoms with Crippen LogP contribution in [-0.2, 0) is 14.6 Å². The van der Waals surface area contributed by atoms with Gasteiger partial charge in [0.15, 0.2) is 9.84 Å². The molecular weight excluding hydrogens is 298 g/mol. The predicted molar refractivity (Wildman–Crippen MR) is 58.1 cm³/mol. The Hall–Kier alpha value is 0.220. The van der Waals surface area contributed by atoms with Crippen LogP contribution in [0, 0.1) is 0 Å². The van der Waals surface area contributed by atoms with Gasteiger partial charge >= 0.3 is 29.6 Å². The Labute approximate surface area is 131 Å². The third kappa shape index (κ3) is 5.16. The summed E-state index contributed by atoms with van der Waals surface area (Å²) in [6.45, 7) is 0. The van der Waals surface area contributed by atoms with Crippen molar-refractivity contribution < 1.29 is 47.9 Å². The molecule has 8 heteroatoms. The fourth-order valence-corrected chi connectivity index (χ4v) is 3.08. The smallest absolute Gasteiger partial charge is 0.550 e. The maximum absolute atomic E-state index is 11.7. The molecule has 0 radical (unpaired) electrons. The Morgan fingerprint density at radius 3 is 2.41 bits per heavy atom. The van der Waals surface area contributed by atoms with Crippen molar-refractivity contribution in [3.8, 4) is 0 Å². The summed E-state index contributed by atoms with van der Waals surface area (Å²) in [7, 11) is -3.75. The van der Waals surface area contributed by atoms with E-state index in [0.717, 1.165) is 0 Å². The molecule has 0 saturated heterocycles. The average molecular weight is 305 g/mol. The van der Waals surface area contributed by atoms with E-state index in [4.69, 9.17) is 23.2 Å². The maximum atomic E-state index is 11.7. The molecule has 0 aliphatic rings. The number of sulfone groups is 1. The molecule has 0 aliphatic heterocycles. The Balaban J connectivity index is 0.00000256. The normalized spacial score (nSPS) is 10.7. The third-order valence-electron chi connectivity index (χ3n) is 1.80. The number of carboxylic acids is 1. The average Bonchev–Trinajstić information content (AvgIpc) is 2.19. The second-order valence-corrected chi connectivity index (χ2v) is 5.94. The van der Waals surface area contributed by atoms with Crippen LogP contribution in [0.1, 0.15) is 6.42 Å². The number of halogens is 2. The van der Waals surface area contributed by atoms with Crippen molar-refractivity contribution >= 4 is 39.0 Å². The van der Waals surface area contributed by atoms with Gasteiger partial charge in [0.05, 0.1) is 15.7 Å². The number of hydrogen-bond acceptors (Lipinski definition) is 4. The first-order valence-corrected chi connectivity index (χ1v) is 6.61. The minimum absolute atomic E-state index is 0. The molecule has 0 unspecified atom stereocenters. The zero-order chi connectivity index (χ0) is 12.3. The van der Waals surface area contributed by atoms with Crippen molar-refractivity contribution in [3.05, 3.63) is 28.2 Å². The Kier molecular flexibility index (Phi) is 7.06. The van der Waals surface area contributed by atoms with E-state index in [2.05, 4.69) is 0 Å². The maximum Gasteiger partial charge on any atom is 1.00 e. The first-order chi connectivity index (χ1) is 7.33. The summed E-state index contributed by atoms with van der Waals surface area (Å²) < 4.78 is 23.4. The number of rotatable bonds is 4. The van der Waals surface area contributed by atoms with Gasteiger partial charge in [0.25, 0.3) is 0 Å². The molecule has 0 bridgehead atoms. The molecular formula is C9H7Cl2NaO4S. The third-order valence-corrected chi connectivity index (χ3v) is 4.23. The predicted octanol–water partition coefficient (Wildman–Crippen LogP) is -2.09. The molecule has 4 nitrogen and oxygen atoms in total. The number of carboxylic acid groups (broad SMARTS) is 1. The molecule has 0 aromatic heterocycles. The fraction of sp³-hybridized carbons (Fsp3) is 0.222. The van der Waals surface area contributed by atoms with E-state index in [1.807, 2.05) is 0 Å². The van der Waals surface area contributed by atoms with E-state index in [0.29, 0.717) is 0 Å². The van der Waals surface area contributed by atoms with Crippen molar-refractivity contribution in [2.75, 3.05) is 5.75 Å². The molecule has 0 atom stereocenters. The fourth-order valence-electron chi connectivity index (χ4n) is 1.04. The molecule has 0 spiro atoms. The van der Waals surface area contributed by atoms with Gasteiger partial charge in [-0.05, 0) is 18.2 Å². The molecule has 1 aromatic carbocycles. The monoisotopic (exact) mass is 304 g/mol. The standard InChI is InChI=1S/C9H8Cl2O4S.Na/c10-6-1-2-7(11)8(5-6)16(14,15)4-3-9(12)13;/h1-2,5H,3-4H2,(H,12,13);/q;+1/p-1. The van der Waals surface area contributed by atoms with Gasteiger partial charge in [0, 0.05) is 17.4 Å². The van der Waals surface area contributed by atoms with Crippen LogP contribution < -0.4 is 34.7 Å². The molecule has 1 aromatic rings. The number of benzene rings is 1. The van der Waals surface area contributed by atoms with Crippen LogP contribution >= 0.6 is 23.2 Å². The van der Waals surface area contributed by atoms with Gasteiger partial charge in [-0.25, -0.2) is 8.42 Å². The largest absolute Gasteiger partial charge is 1.00 e. The molecule has 0 fully saturated rings. The first-order valence-electron chi connectivity index (χ1n) is 4.20. The number of carbonyl (C=O) groups excluding carboxylic acids is 1. The van der Waals surface area contributed by atoms with Gasteiger partial charge in [0.1, 0.15) is 0 Å². The van der Waals surface area contributed by atoms with Crippen LogP contribution in [0.15, 0.2) is 23.1 Å². The van der Waals surface area contributed by atoms with Crippen molar-refractivity contribution in [3.63, 3.8) is 0 Å². The molecule has 0 amide bonds. The first kappa shape index (κ1) is 17.2. The van der Waals surface area contributed by atoms with E-state index in [1.54, 1.807) is 0 Å². The molecule has 17 heavy (non-hydrogen) atoms. The van der Waals surface area contributed by atoms with Crippen LogP contribution in [0.5, 0.6) is 0 Å². The van der Waals surface area contributed by atoms with Crippen molar-refractivity contribution in [2.45, 2.75) is 11.3 Å². The van der Waals surface area contributed by atoms with Crippen LogP contribution in [0.25, 0.3) is 0 Å². The van der Waals surface area contributed by atoms with Crippen molar-refractivity contribution in [1.29, 1.82) is 0 Å². The summed E-state index contributed by atoms with van der Waals surface area (Å²) in [5, 5.41) is 10.4. The van der Waals surface area contributed by atoms with E-state index >= 15 is 0 Å². The minimum Gasteiger partial charge on any atom is -0.550 e. The van der Waals surface area contributed by atoms with Crippen LogP contribution in [0.4, 0.5) is 0 Å². The van der Waals surface area contributed by atoms with Crippen molar-refractivity contribution in [2.24, 2.45) is 0 Å². The van der Waals surface area contributed by atoms with Crippen LogP contribution in [0.2, 0.25) is 10.0 Å². The Bertz CT molecular complexity index is 516. The summed E-state index contributed by atoms with van der Waals surface area (Å²) in [4.78, 5) is 10.0. The van der Waals surface area contributed by atoms with Crippen molar-refractivity contribution in [1.82, 2.24) is 0 Å². The molecule has 1 rings (SSSR count). The van der Waals surface area contributed by atoms with Gasteiger partial charge in [0.2, 0.25) is 0 Å². The molecule has 0 aliphatic carbocycles. The Morgan fingerprint density at radius 2 is 1.88 bits per heavy atom. The number of carbonyl (C=O) groups is 1. The number of hydrogen-bond donors (Lipinski definition) is 0. The topological polar surface area (TPSA) is 74.3 Å². The van der Waals surface area contributed by atoms with Crippen LogP contribution in [0.3, 0.4) is 0 Å². The van der Waals surface area contributed by atoms with E-state index in [9.17, 15) is 18.3 Å². The SMILES string of the molecule is O=C([O-])CCS(=O)(=O)c1cc(Cl)ccc1Cl.[Na+]. The summed E-state index contributed by atoms with van der Waals surface area (Å²) >= 11 is 11.3. The summed E-state index contributed by atoms with van der Waals surface area (Å²) in [5.41, 5.74) is 0. The van der Waals surface area contributed by atoms with Gasteiger partial charge in [-0.15, -0.1) is 0 Å². The number of aliphatic carboxylic acids is 1. The van der Waals surface area contributed by atoms with E-state index < -0.39 is 28.0 Å². The Morgan fingerprint density at radius 1 is 1.29 bits per heavy atom. The summed E-state index contributed by atoms with van der Waals surface area (Å²) in [5.74, 6) is -1.99. The summed E-state index contributed by atoms with van der Waals surface area (Å²) in [6, 6.07) is 3.98. The molecule has 0 heterocycles. The van der Waals surface area contributed by atoms with Crippen LogP contribution in [-0.4, -0.2) is 20.1 Å². The van der Waals surface area contributed by atoms with E-state index in [1.165, 1.54) is 18.2 Å². The zero-order valence-electron chi connectivity index (χ0n) is 8.94. The minimum atomic E-state index is -3.75. The molecule has 0 saturated carbocycles. The van der Waals surface area contributed by atoms with Gasteiger partial charge in [-0.2, -0.15) is 0 Å². The van der Waals surface area contributed by atoms with Gasteiger partial charge in [-0.3, -0.25) is 0 Å². The summed E-state index contributed by atoms with van der Waals surface area (Å²) in [6.07, 6.45) is -0.578. The second kappa shape index (κ2) is 6.97.